The fourth-order valence-corrected chi connectivity index (χ4v) is 17.2. The van der Waals surface area contributed by atoms with E-state index in [0.29, 0.717) is 0 Å². The normalized spacial score (nSPS) is 12.5. The molecule has 8 aromatic heterocycles. The van der Waals surface area contributed by atoms with Gasteiger partial charge in [-0.3, -0.25) is 17.6 Å². The third-order valence-corrected chi connectivity index (χ3v) is 21.9. The highest BCUT2D eigenvalue weighted by atomic mass is 15.3. The molecule has 0 fully saturated rings. The maximum absolute atomic E-state index is 5.58. The number of hydrogen-bond acceptors (Lipinski definition) is 4. The molecule has 0 aliphatic carbocycles. The lowest BCUT2D eigenvalue weighted by atomic mass is 9.91. The van der Waals surface area contributed by atoms with Crippen LogP contribution < -0.4 is 0 Å². The van der Waals surface area contributed by atoms with Gasteiger partial charge in [-0.2, -0.15) is 0 Å². The first kappa shape index (κ1) is 54.1. The van der Waals surface area contributed by atoms with E-state index >= 15 is 0 Å². The summed E-state index contributed by atoms with van der Waals surface area (Å²) in [7, 11) is 0. The van der Waals surface area contributed by atoms with Crippen LogP contribution in [0.1, 0.15) is 0 Å². The Labute approximate surface area is 579 Å². The molecule has 24 aromatic rings. The maximum atomic E-state index is 5.58. The maximum Gasteiger partial charge on any atom is 0.223 e. The smallest absolute Gasteiger partial charge is 0.223 e. The van der Waals surface area contributed by atoms with E-state index in [1.807, 2.05) is 0 Å². The van der Waals surface area contributed by atoms with Gasteiger partial charge in [0.2, 0.25) is 23.1 Å². The van der Waals surface area contributed by atoms with Crippen LogP contribution in [0.5, 0.6) is 0 Å². The number of aromatic nitrogens is 10. The van der Waals surface area contributed by atoms with Crippen molar-refractivity contribution in [1.29, 1.82) is 0 Å². The van der Waals surface area contributed by atoms with Crippen molar-refractivity contribution in [3.8, 4) is 77.9 Å². The standard InChI is InChI=1S/C92H52N10/c1-5-17-53(18-6-1)63-34-36-72(73(39-63)56-23-11-4-12-24-56)69-49-83-87-84(50-69)99-81-47-67-37-61(29-31-65(67)43-77(81)95-91(99)101(87)89-93-75-41-57-25-13-15-27-59(57)45-79(75)97(83)89)62-30-32-66-44-78-82(48-68(66)38-62)100-86-52-70(74-40-64(54-19-7-2-8-20-54)33-35-71(74)55-21-9-3-10-22-55)51-85-88(86)102(92(100)96-78)90-94-76-42-58-26-14-16-28-60(58)46-80(76)98(85)90/h1-52H. The number of hydrogen-bond donors (Lipinski definition) is 0. The number of rotatable bonds is 7. The minimum absolute atomic E-state index is 0.826. The fraction of sp³-hybridized carbons (Fsp3) is 0. The van der Waals surface area contributed by atoms with Crippen molar-refractivity contribution in [2.75, 3.05) is 0 Å². The van der Waals surface area contributed by atoms with E-state index < -0.39 is 0 Å². The Morgan fingerprint density at radius 2 is 0.431 bits per heavy atom. The first-order valence-electron chi connectivity index (χ1n) is 34.7. The van der Waals surface area contributed by atoms with E-state index in [1.54, 1.807) is 0 Å². The molecule has 0 spiro atoms. The van der Waals surface area contributed by atoms with Crippen LogP contribution in [0, 0.1) is 0 Å². The molecule has 0 unspecified atom stereocenters. The molecule has 0 amide bonds. The summed E-state index contributed by atoms with van der Waals surface area (Å²) in [5, 5.41) is 9.16. The summed E-state index contributed by atoms with van der Waals surface area (Å²) in [4.78, 5) is 22.1. The predicted octanol–water partition coefficient (Wildman–Crippen LogP) is 22.9. The summed E-state index contributed by atoms with van der Waals surface area (Å²) < 4.78 is 14.1. The van der Waals surface area contributed by atoms with Gasteiger partial charge in [-0.1, -0.05) is 218 Å². The molecule has 0 aliphatic heterocycles. The average Bonchev–Trinajstić information content (AvgIpc) is 1.52. The quantitative estimate of drug-likeness (QED) is 0.159. The Balaban J connectivity index is 0.699. The van der Waals surface area contributed by atoms with Crippen LogP contribution in [0.2, 0.25) is 0 Å². The lowest BCUT2D eigenvalue weighted by molar-refractivity contribution is 1.15. The van der Waals surface area contributed by atoms with Gasteiger partial charge in [-0.05, 0) is 218 Å². The zero-order valence-corrected chi connectivity index (χ0v) is 54.5. The molecule has 102 heavy (non-hydrogen) atoms. The second kappa shape index (κ2) is 19.9. The van der Waals surface area contributed by atoms with Gasteiger partial charge in [-0.25, -0.2) is 28.7 Å². The Morgan fingerprint density at radius 1 is 0.157 bits per heavy atom. The van der Waals surface area contributed by atoms with Gasteiger partial charge in [0.05, 0.1) is 66.2 Å². The molecule has 0 N–H and O–H groups in total. The van der Waals surface area contributed by atoms with Crippen molar-refractivity contribution < 1.29 is 0 Å². The van der Waals surface area contributed by atoms with Crippen molar-refractivity contribution in [2.24, 2.45) is 0 Å². The fourth-order valence-electron chi connectivity index (χ4n) is 17.2. The third-order valence-electron chi connectivity index (χ3n) is 21.9. The molecule has 24 rings (SSSR count). The molecule has 16 aromatic carbocycles. The molecule has 470 valence electrons. The lowest BCUT2D eigenvalue weighted by Gasteiger charge is -2.14. The van der Waals surface area contributed by atoms with Gasteiger partial charge in [-0.15, -0.1) is 0 Å². The van der Waals surface area contributed by atoms with Crippen LogP contribution in [-0.2, 0) is 0 Å². The van der Waals surface area contributed by atoms with E-state index in [9.17, 15) is 0 Å². The summed E-state index contributed by atoms with van der Waals surface area (Å²) in [6.45, 7) is 0. The molecule has 0 aliphatic rings. The van der Waals surface area contributed by atoms with Crippen molar-refractivity contribution >= 4 is 143 Å². The van der Waals surface area contributed by atoms with E-state index in [1.165, 1.54) is 38.6 Å². The van der Waals surface area contributed by atoms with Crippen LogP contribution in [-0.4, -0.2) is 46.3 Å². The van der Waals surface area contributed by atoms with Gasteiger partial charge < -0.3 is 0 Å². The molecular formula is C92H52N10. The molecule has 0 saturated carbocycles. The van der Waals surface area contributed by atoms with Crippen molar-refractivity contribution in [1.82, 2.24) is 46.3 Å². The SMILES string of the molecule is c1ccc(-c2ccc(-c3cc4c5c(c3)n3c6cc7cc(-c8ccc9cc%10nc%11n(c%10cc9c8)c8cc(-c9cc(-c%10ccccc%10)ccc9-c9ccccc9)cc9c8n%11c8nc%10cc%11ccccc%11cc%10n98)ccc7cc6nc3n5c3nc5cc6ccccc6cc5n43)c(-c3ccccc3)c2)cc1. The van der Waals surface area contributed by atoms with Gasteiger partial charge >= 0.3 is 0 Å². The van der Waals surface area contributed by atoms with Gasteiger partial charge in [0, 0.05) is 0 Å². The first-order valence-corrected chi connectivity index (χ1v) is 34.7. The number of nitrogens with zero attached hydrogens (tertiary/aromatic N) is 10. The minimum atomic E-state index is 0.826. The summed E-state index contributed by atoms with van der Waals surface area (Å²) in [6.07, 6.45) is 0. The van der Waals surface area contributed by atoms with Crippen molar-refractivity contribution in [3.63, 3.8) is 0 Å². The summed E-state index contributed by atoms with van der Waals surface area (Å²) in [5.74, 6) is 3.32. The van der Waals surface area contributed by atoms with Crippen molar-refractivity contribution in [3.05, 3.63) is 315 Å². The molecular weight excluding hydrogens is 1250 g/mol. The van der Waals surface area contributed by atoms with Crippen LogP contribution >= 0.6 is 0 Å². The van der Waals surface area contributed by atoms with Gasteiger partial charge in [0.25, 0.3) is 0 Å². The predicted molar refractivity (Wildman–Crippen MR) is 419 cm³/mol. The molecule has 10 heteroatoms. The third kappa shape index (κ3) is 7.50. The lowest BCUT2D eigenvalue weighted by Crippen LogP contribution is -1.91. The largest absolute Gasteiger partial charge is 0.276 e. The zero-order valence-electron chi connectivity index (χ0n) is 54.5. The van der Waals surface area contributed by atoms with Gasteiger partial charge in [0.15, 0.2) is 0 Å². The minimum Gasteiger partial charge on any atom is -0.276 e. The second-order valence-electron chi connectivity index (χ2n) is 27.6. The molecule has 0 atom stereocenters. The highest BCUT2D eigenvalue weighted by Crippen LogP contribution is 2.46. The molecule has 0 bridgehead atoms. The Kier molecular flexibility index (Phi) is 10.5. The number of imidazole rings is 8. The Bertz CT molecular complexity index is 7720. The van der Waals surface area contributed by atoms with E-state index in [2.05, 4.69) is 342 Å². The molecule has 10 nitrogen and oxygen atoms in total. The van der Waals surface area contributed by atoms with E-state index in [-0.39, 0.29) is 0 Å². The van der Waals surface area contributed by atoms with E-state index in [0.717, 1.165) is 183 Å². The summed E-state index contributed by atoms with van der Waals surface area (Å²) in [5.41, 5.74) is 30.5. The number of benzene rings is 16. The second-order valence-corrected chi connectivity index (χ2v) is 27.6. The average molecular weight is 1300 g/mol. The highest BCUT2D eigenvalue weighted by molar-refractivity contribution is 6.13. The molecule has 0 saturated heterocycles. The van der Waals surface area contributed by atoms with Crippen LogP contribution in [0.3, 0.4) is 0 Å². The van der Waals surface area contributed by atoms with Crippen LogP contribution in [0.15, 0.2) is 315 Å². The first-order chi connectivity index (χ1) is 50.5. The van der Waals surface area contributed by atoms with Crippen molar-refractivity contribution in [2.45, 2.75) is 0 Å². The number of fused-ring (bicyclic) bond motifs is 24. The van der Waals surface area contributed by atoms with Crippen LogP contribution in [0.25, 0.3) is 221 Å². The van der Waals surface area contributed by atoms with Gasteiger partial charge in [0.1, 0.15) is 11.0 Å². The Morgan fingerprint density at radius 3 is 0.814 bits per heavy atom. The highest BCUT2D eigenvalue weighted by Gasteiger charge is 2.29. The zero-order chi connectivity index (χ0) is 66.2. The summed E-state index contributed by atoms with van der Waals surface area (Å²) in [6, 6.07) is 116. The Hall–Kier alpha value is -14.0. The topological polar surface area (TPSA) is 78.0 Å². The van der Waals surface area contributed by atoms with E-state index in [4.69, 9.17) is 19.9 Å². The summed E-state index contributed by atoms with van der Waals surface area (Å²) >= 11 is 0. The molecule has 0 radical (unpaired) electrons. The van der Waals surface area contributed by atoms with Crippen LogP contribution in [0.4, 0.5) is 0 Å². The molecule has 8 heterocycles. The monoisotopic (exact) mass is 1300 g/mol.